The van der Waals surface area contributed by atoms with Crippen molar-refractivity contribution in [3.8, 4) is 0 Å². The average Bonchev–Trinajstić information content (AvgIpc) is 1.59. The fourth-order valence-corrected chi connectivity index (χ4v) is 3.47. The van der Waals surface area contributed by atoms with Crippen LogP contribution in [0.4, 0.5) is 0 Å². The lowest BCUT2D eigenvalue weighted by atomic mass is 10.1. The largest absolute Gasteiger partial charge is 0.123 e. The van der Waals surface area contributed by atoms with Crippen LogP contribution in [0.1, 0.15) is 12.8 Å². The van der Waals surface area contributed by atoms with Crippen molar-refractivity contribution >= 4 is 43.5 Å². The van der Waals surface area contributed by atoms with E-state index in [1.165, 1.54) is 4.48 Å². The summed E-state index contributed by atoms with van der Waals surface area (Å²) >= 11 is 12.8. The van der Waals surface area contributed by atoms with E-state index in [1.54, 1.807) is 0 Å². The molecule has 0 aliphatic heterocycles. The molecule has 2 atom stereocenters. The molecule has 1 aliphatic rings. The Hall–Kier alpha value is 0.990. The summed E-state index contributed by atoms with van der Waals surface area (Å²) in [5.74, 6) is 0. The molecule has 0 fully saturated rings. The zero-order valence-corrected chi connectivity index (χ0v) is 8.71. The van der Waals surface area contributed by atoms with E-state index in [9.17, 15) is 0 Å². The van der Waals surface area contributed by atoms with Gasteiger partial charge in [0.15, 0.2) is 0 Å². The van der Waals surface area contributed by atoms with Gasteiger partial charge in [0.25, 0.3) is 0 Å². The maximum absolute atomic E-state index is 5.91. The maximum Gasteiger partial charge on any atom is 0.0395 e. The van der Waals surface area contributed by atoms with E-state index in [0.29, 0.717) is 10.2 Å². The summed E-state index contributed by atoms with van der Waals surface area (Å²) in [6.45, 7) is 0. The van der Waals surface area contributed by atoms with Gasteiger partial charge >= 0.3 is 0 Å². The van der Waals surface area contributed by atoms with Crippen LogP contribution < -0.4 is 0 Å². The van der Waals surface area contributed by atoms with Crippen LogP contribution in [0.15, 0.2) is 10.6 Å². The van der Waals surface area contributed by atoms with Crippen molar-refractivity contribution in [3.63, 3.8) is 0 Å². The topological polar surface area (TPSA) is 0 Å². The summed E-state index contributed by atoms with van der Waals surface area (Å²) in [6.07, 6.45) is 4.17. The van der Waals surface area contributed by atoms with Crippen molar-refractivity contribution in [1.82, 2.24) is 0 Å². The third-order valence-electron chi connectivity index (χ3n) is 1.26. The number of alkyl halides is 2. The molecule has 0 N–H and O–H groups in total. The highest BCUT2D eigenvalue weighted by Gasteiger charge is 2.16. The molecule has 0 aromatic heterocycles. The minimum Gasteiger partial charge on any atom is -0.123 e. The minimum atomic E-state index is 0.300. The summed E-state index contributed by atoms with van der Waals surface area (Å²) in [5, 5.41) is 0.300. The van der Waals surface area contributed by atoms with Gasteiger partial charge in [0.05, 0.1) is 0 Å². The van der Waals surface area contributed by atoms with E-state index < -0.39 is 0 Å². The number of halogens is 3. The van der Waals surface area contributed by atoms with Crippen LogP contribution in [-0.2, 0) is 0 Å². The second-order valence-electron chi connectivity index (χ2n) is 2.17. The zero-order valence-electron chi connectivity index (χ0n) is 4.78. The van der Waals surface area contributed by atoms with Gasteiger partial charge in [0.1, 0.15) is 0 Å². The van der Waals surface area contributed by atoms with Gasteiger partial charge < -0.3 is 0 Å². The number of rotatable bonds is 0. The van der Waals surface area contributed by atoms with Crippen LogP contribution in [0, 0.1) is 0 Å². The SMILES string of the molecule is ClC1CC(Br)=CC(Br)C1. The first kappa shape index (κ1) is 8.09. The van der Waals surface area contributed by atoms with Crippen molar-refractivity contribution in [1.29, 1.82) is 0 Å². The van der Waals surface area contributed by atoms with E-state index in [-0.39, 0.29) is 0 Å². The quantitative estimate of drug-likeness (QED) is 0.594. The number of hydrogen-bond acceptors (Lipinski definition) is 0. The summed E-state index contributed by atoms with van der Waals surface area (Å²) < 4.78 is 1.22. The fourth-order valence-electron chi connectivity index (χ4n) is 0.872. The molecule has 0 heterocycles. The van der Waals surface area contributed by atoms with Gasteiger partial charge in [-0.1, -0.05) is 37.9 Å². The van der Waals surface area contributed by atoms with Gasteiger partial charge in [-0.3, -0.25) is 0 Å². The molecule has 0 spiro atoms. The van der Waals surface area contributed by atoms with E-state index in [1.807, 2.05) is 0 Å². The fraction of sp³-hybridized carbons (Fsp3) is 0.667. The van der Waals surface area contributed by atoms with Gasteiger partial charge in [0.2, 0.25) is 0 Å². The molecule has 2 unspecified atom stereocenters. The second-order valence-corrected chi connectivity index (χ2v) is 4.98. The van der Waals surface area contributed by atoms with Crippen molar-refractivity contribution in [2.24, 2.45) is 0 Å². The minimum absolute atomic E-state index is 0.300. The van der Waals surface area contributed by atoms with Crippen molar-refractivity contribution in [2.75, 3.05) is 0 Å². The molecular weight excluding hydrogens is 267 g/mol. The Morgan fingerprint density at radius 3 is 2.78 bits per heavy atom. The molecule has 0 saturated carbocycles. The monoisotopic (exact) mass is 272 g/mol. The molecule has 9 heavy (non-hydrogen) atoms. The van der Waals surface area contributed by atoms with Crippen LogP contribution in [-0.4, -0.2) is 10.2 Å². The predicted molar refractivity (Wildman–Crippen MR) is 48.6 cm³/mol. The lowest BCUT2D eigenvalue weighted by Gasteiger charge is -2.17. The summed E-state index contributed by atoms with van der Waals surface area (Å²) in [4.78, 5) is 0.461. The Labute approximate surface area is 76.9 Å². The van der Waals surface area contributed by atoms with Crippen LogP contribution in [0.3, 0.4) is 0 Å². The molecular formula is C6H7Br2Cl. The van der Waals surface area contributed by atoms with E-state index >= 15 is 0 Å². The molecule has 1 aliphatic carbocycles. The molecule has 52 valence electrons. The summed E-state index contributed by atoms with van der Waals surface area (Å²) in [5.41, 5.74) is 0. The molecule has 0 radical (unpaired) electrons. The Morgan fingerprint density at radius 2 is 2.33 bits per heavy atom. The lowest BCUT2D eigenvalue weighted by Crippen LogP contribution is -2.11. The van der Waals surface area contributed by atoms with Gasteiger partial charge in [0, 0.05) is 10.2 Å². The highest BCUT2D eigenvalue weighted by Crippen LogP contribution is 2.29. The Morgan fingerprint density at radius 1 is 1.67 bits per heavy atom. The van der Waals surface area contributed by atoms with Gasteiger partial charge in [-0.2, -0.15) is 0 Å². The Kier molecular flexibility index (Phi) is 3.06. The van der Waals surface area contributed by atoms with Crippen LogP contribution in [0.25, 0.3) is 0 Å². The number of allylic oxidation sites excluding steroid dienone is 2. The Bertz CT molecular complexity index is 133. The Balaban J connectivity index is 2.56. The van der Waals surface area contributed by atoms with Crippen molar-refractivity contribution < 1.29 is 0 Å². The highest BCUT2D eigenvalue weighted by molar-refractivity contribution is 9.12. The number of hydrogen-bond donors (Lipinski definition) is 0. The van der Waals surface area contributed by atoms with Crippen molar-refractivity contribution in [3.05, 3.63) is 10.6 Å². The van der Waals surface area contributed by atoms with Crippen LogP contribution >= 0.6 is 43.5 Å². The van der Waals surface area contributed by atoms with E-state index in [0.717, 1.165) is 12.8 Å². The van der Waals surface area contributed by atoms with E-state index in [4.69, 9.17) is 11.6 Å². The van der Waals surface area contributed by atoms with Gasteiger partial charge in [-0.25, -0.2) is 0 Å². The van der Waals surface area contributed by atoms with Gasteiger partial charge in [-0.05, 0) is 17.3 Å². The highest BCUT2D eigenvalue weighted by atomic mass is 79.9. The normalized spacial score (nSPS) is 36.1. The zero-order chi connectivity index (χ0) is 6.85. The molecule has 1 rings (SSSR count). The molecule has 0 amide bonds. The molecule has 0 aromatic rings. The van der Waals surface area contributed by atoms with Crippen LogP contribution in [0.2, 0.25) is 0 Å². The first-order valence-electron chi connectivity index (χ1n) is 2.83. The average molecular weight is 274 g/mol. The molecule has 0 bridgehead atoms. The third kappa shape index (κ3) is 2.60. The van der Waals surface area contributed by atoms with Gasteiger partial charge in [-0.15, -0.1) is 11.6 Å². The summed E-state index contributed by atoms with van der Waals surface area (Å²) in [6, 6.07) is 0. The maximum atomic E-state index is 5.91. The van der Waals surface area contributed by atoms with Crippen LogP contribution in [0.5, 0.6) is 0 Å². The predicted octanol–water partition coefficient (Wildman–Crippen LogP) is 3.43. The molecule has 0 aromatic carbocycles. The van der Waals surface area contributed by atoms with Crippen molar-refractivity contribution in [2.45, 2.75) is 23.0 Å². The van der Waals surface area contributed by atoms with E-state index in [2.05, 4.69) is 37.9 Å². The summed E-state index contributed by atoms with van der Waals surface area (Å²) in [7, 11) is 0. The molecule has 0 nitrogen and oxygen atoms in total. The smallest absolute Gasteiger partial charge is 0.0395 e. The lowest BCUT2D eigenvalue weighted by molar-refractivity contribution is 0.751. The third-order valence-corrected chi connectivity index (χ3v) is 2.82. The standard InChI is InChI=1S/C6H7Br2Cl/c7-4-1-5(8)3-6(9)2-4/h1,4,6H,2-3H2. The molecule has 3 heteroatoms. The molecule has 0 saturated heterocycles. The second kappa shape index (κ2) is 3.40. The first-order chi connectivity index (χ1) is 4.18. The first-order valence-corrected chi connectivity index (χ1v) is 4.97.